The molecule has 6 atom stereocenters. The van der Waals surface area contributed by atoms with Crippen LogP contribution in [0.15, 0.2) is 0 Å². The van der Waals surface area contributed by atoms with Crippen molar-refractivity contribution >= 4 is 39.5 Å². The predicted octanol–water partition coefficient (Wildman–Crippen LogP) is 20.9. The van der Waals surface area contributed by atoms with Gasteiger partial charge < -0.3 is 33.8 Å². The lowest BCUT2D eigenvalue weighted by Crippen LogP contribution is -2.30. The first-order valence-electron chi connectivity index (χ1n) is 37.7. The number of hydrogen-bond donors (Lipinski definition) is 3. The molecule has 3 N–H and O–H groups in total. The minimum Gasteiger partial charge on any atom is -0.462 e. The van der Waals surface area contributed by atoms with Gasteiger partial charge in [0.2, 0.25) is 0 Å². The lowest BCUT2D eigenvalue weighted by Gasteiger charge is -2.21. The number of phosphoric acid groups is 2. The van der Waals surface area contributed by atoms with E-state index >= 15 is 0 Å². The van der Waals surface area contributed by atoms with E-state index in [2.05, 4.69) is 34.6 Å². The molecular formula is C72H140O17P2. The molecule has 0 aromatic rings. The highest BCUT2D eigenvalue weighted by molar-refractivity contribution is 7.47. The predicted molar refractivity (Wildman–Crippen MR) is 368 cm³/mol. The van der Waals surface area contributed by atoms with Crippen LogP contribution in [0, 0.1) is 5.92 Å². The molecule has 17 nitrogen and oxygen atoms in total. The second-order valence-corrected chi connectivity index (χ2v) is 29.1. The number of phosphoric ester groups is 2. The number of hydrogen-bond acceptors (Lipinski definition) is 15. The monoisotopic (exact) mass is 1340 g/mol. The van der Waals surface area contributed by atoms with E-state index < -0.39 is 97.5 Å². The van der Waals surface area contributed by atoms with Crippen LogP contribution in [-0.4, -0.2) is 96.7 Å². The van der Waals surface area contributed by atoms with E-state index in [1.54, 1.807) is 0 Å². The average Bonchev–Trinajstić information content (AvgIpc) is 3.30. The highest BCUT2D eigenvalue weighted by Gasteiger charge is 2.30. The van der Waals surface area contributed by atoms with Crippen LogP contribution < -0.4 is 0 Å². The van der Waals surface area contributed by atoms with Crippen molar-refractivity contribution in [1.29, 1.82) is 0 Å². The van der Waals surface area contributed by atoms with Crippen LogP contribution in [0.1, 0.15) is 375 Å². The zero-order chi connectivity index (χ0) is 67.0. The number of unbranched alkanes of at least 4 members (excludes halogenated alkanes) is 43. The third-order valence-electron chi connectivity index (χ3n) is 17.1. The molecule has 0 rings (SSSR count). The van der Waals surface area contributed by atoms with Gasteiger partial charge in [0, 0.05) is 25.7 Å². The molecule has 3 unspecified atom stereocenters. The summed E-state index contributed by atoms with van der Waals surface area (Å²) in [6.07, 6.45) is 52.7. The fraction of sp³-hybridized carbons (Fsp3) is 0.944. The zero-order valence-electron chi connectivity index (χ0n) is 59.0. The summed E-state index contributed by atoms with van der Waals surface area (Å²) in [7, 11) is -9.90. The van der Waals surface area contributed by atoms with Gasteiger partial charge in [-0.05, 0) is 31.6 Å². The molecule has 0 aliphatic rings. The summed E-state index contributed by atoms with van der Waals surface area (Å²) in [6, 6.07) is 0. The van der Waals surface area contributed by atoms with Gasteiger partial charge in [-0.1, -0.05) is 324 Å². The van der Waals surface area contributed by atoms with Crippen LogP contribution in [0.4, 0.5) is 0 Å². The molecule has 0 aliphatic carbocycles. The second kappa shape index (κ2) is 65.4. The maximum atomic E-state index is 13.0. The number of carbonyl (C=O) groups is 4. The summed E-state index contributed by atoms with van der Waals surface area (Å²) in [5.74, 6) is -1.31. The van der Waals surface area contributed by atoms with Crippen LogP contribution in [0.25, 0.3) is 0 Å². The van der Waals surface area contributed by atoms with E-state index in [1.165, 1.54) is 186 Å². The third-order valence-corrected chi connectivity index (χ3v) is 19.0. The highest BCUT2D eigenvalue weighted by Crippen LogP contribution is 2.45. The number of carbonyl (C=O) groups excluding carboxylic acids is 4. The lowest BCUT2D eigenvalue weighted by atomic mass is 9.99. The minimum absolute atomic E-state index is 0.107. The van der Waals surface area contributed by atoms with Gasteiger partial charge in [-0.3, -0.25) is 37.3 Å². The Hall–Kier alpha value is -1.94. The summed E-state index contributed by atoms with van der Waals surface area (Å²) >= 11 is 0. The topological polar surface area (TPSA) is 237 Å². The average molecular weight is 1340 g/mol. The molecule has 0 saturated heterocycles. The van der Waals surface area contributed by atoms with Gasteiger partial charge in [-0.25, -0.2) is 9.13 Å². The molecule has 0 fully saturated rings. The standard InChI is InChI=1S/C72H140O17P2/c1-6-10-13-16-19-21-23-25-26-27-28-30-32-38-43-48-53-58-72(77)89-68(62-83-70(75)56-51-46-41-36-34-33-35-40-44-49-54-65(5)9-4)64-87-91(80,81)85-60-66(73)59-84-90(78,79)86-63-67(61-82-69(74)55-50-45-39-18-15-12-8-3)88-71(76)57-52-47-42-37-31-29-24-22-20-17-14-11-7-2/h65-68,73H,6-64H2,1-5H3,(H,78,79)(H,80,81)/t65?,66-,67+,68+/m0/s1. The molecule has 0 bridgehead atoms. The maximum absolute atomic E-state index is 13.0. The normalized spacial score (nSPS) is 14.3. The van der Waals surface area contributed by atoms with Crippen molar-refractivity contribution in [1.82, 2.24) is 0 Å². The molecule has 0 spiro atoms. The van der Waals surface area contributed by atoms with Gasteiger partial charge >= 0.3 is 39.5 Å². The molecule has 540 valence electrons. The van der Waals surface area contributed by atoms with Gasteiger partial charge in [0.05, 0.1) is 26.4 Å². The molecule has 19 heteroatoms. The molecule has 0 radical (unpaired) electrons. The Labute approximate surface area is 556 Å². The van der Waals surface area contributed by atoms with Crippen molar-refractivity contribution in [3.63, 3.8) is 0 Å². The number of aliphatic hydroxyl groups is 1. The largest absolute Gasteiger partial charge is 0.472 e. The molecule has 0 amide bonds. The third kappa shape index (κ3) is 65.1. The Balaban J connectivity index is 5.20. The molecule has 0 saturated carbocycles. The molecule has 91 heavy (non-hydrogen) atoms. The van der Waals surface area contributed by atoms with Crippen molar-refractivity contribution in [3.05, 3.63) is 0 Å². The number of esters is 4. The van der Waals surface area contributed by atoms with E-state index in [0.717, 1.165) is 109 Å². The van der Waals surface area contributed by atoms with Gasteiger partial charge in [0.1, 0.15) is 19.3 Å². The molecular weight excluding hydrogens is 1200 g/mol. The number of ether oxygens (including phenoxy) is 4. The van der Waals surface area contributed by atoms with Crippen molar-refractivity contribution in [2.45, 2.75) is 393 Å². The van der Waals surface area contributed by atoms with Crippen LogP contribution >= 0.6 is 15.6 Å². The summed E-state index contributed by atoms with van der Waals surface area (Å²) in [5, 5.41) is 10.6. The first kappa shape index (κ1) is 89.1. The summed E-state index contributed by atoms with van der Waals surface area (Å²) in [4.78, 5) is 72.5. The summed E-state index contributed by atoms with van der Waals surface area (Å²) in [6.45, 7) is 7.26. The van der Waals surface area contributed by atoms with E-state index in [4.69, 9.17) is 37.0 Å². The Morgan fingerprint density at radius 3 is 0.780 bits per heavy atom. The smallest absolute Gasteiger partial charge is 0.462 e. The summed E-state index contributed by atoms with van der Waals surface area (Å²) < 4.78 is 68.3. The van der Waals surface area contributed by atoms with Crippen LogP contribution in [0.5, 0.6) is 0 Å². The molecule has 0 aliphatic heterocycles. The van der Waals surface area contributed by atoms with Crippen LogP contribution in [0.2, 0.25) is 0 Å². The summed E-state index contributed by atoms with van der Waals surface area (Å²) in [5.41, 5.74) is 0. The molecule has 0 aromatic heterocycles. The van der Waals surface area contributed by atoms with Gasteiger partial charge in [-0.15, -0.1) is 0 Å². The van der Waals surface area contributed by atoms with Crippen LogP contribution in [-0.2, 0) is 65.4 Å². The van der Waals surface area contributed by atoms with Crippen molar-refractivity contribution in [3.8, 4) is 0 Å². The Morgan fingerprint density at radius 1 is 0.308 bits per heavy atom. The first-order chi connectivity index (χ1) is 44.1. The van der Waals surface area contributed by atoms with E-state index in [0.29, 0.717) is 25.7 Å². The fourth-order valence-corrected chi connectivity index (χ4v) is 12.5. The fourth-order valence-electron chi connectivity index (χ4n) is 11.0. The molecule has 0 aromatic carbocycles. The van der Waals surface area contributed by atoms with E-state index in [-0.39, 0.29) is 25.7 Å². The van der Waals surface area contributed by atoms with E-state index in [9.17, 15) is 43.2 Å². The number of aliphatic hydroxyl groups excluding tert-OH is 1. The van der Waals surface area contributed by atoms with Crippen molar-refractivity contribution < 1.29 is 80.2 Å². The quantitative estimate of drug-likeness (QED) is 0.0222. The van der Waals surface area contributed by atoms with Crippen molar-refractivity contribution in [2.24, 2.45) is 5.92 Å². The van der Waals surface area contributed by atoms with Gasteiger partial charge in [-0.2, -0.15) is 0 Å². The van der Waals surface area contributed by atoms with Crippen molar-refractivity contribution in [2.75, 3.05) is 39.6 Å². The Kier molecular flexibility index (Phi) is 64.0. The maximum Gasteiger partial charge on any atom is 0.472 e. The van der Waals surface area contributed by atoms with Gasteiger partial charge in [0.25, 0.3) is 0 Å². The van der Waals surface area contributed by atoms with E-state index in [1.807, 2.05) is 0 Å². The number of rotatable bonds is 72. The second-order valence-electron chi connectivity index (χ2n) is 26.2. The lowest BCUT2D eigenvalue weighted by molar-refractivity contribution is -0.161. The highest BCUT2D eigenvalue weighted by atomic mass is 31.2. The van der Waals surface area contributed by atoms with Crippen LogP contribution in [0.3, 0.4) is 0 Å². The SMILES string of the molecule is CCCCCCCCCCCCCCCCCCCC(=O)O[C@H](COC(=O)CCCCCCCCCCCCC(C)CC)COP(=O)(O)OC[C@@H](O)COP(=O)(O)OC[C@@H](COC(=O)CCCCCCCCC)OC(=O)CCCCCCCCCCCCCCC. The molecule has 0 heterocycles. The minimum atomic E-state index is -4.95. The zero-order valence-corrected chi connectivity index (χ0v) is 60.8. The first-order valence-corrected chi connectivity index (χ1v) is 40.7. The Morgan fingerprint density at radius 2 is 0.527 bits per heavy atom. The van der Waals surface area contributed by atoms with Gasteiger partial charge in [0.15, 0.2) is 12.2 Å². The Bertz CT molecular complexity index is 1760.